The van der Waals surface area contributed by atoms with Crippen molar-refractivity contribution >= 4 is 70.6 Å². The summed E-state index contributed by atoms with van der Waals surface area (Å²) in [7, 11) is 0. The Hall–Kier alpha value is -6.60. The quantitative estimate of drug-likeness (QED) is 0.110. The average Bonchev–Trinajstić information content (AvgIpc) is 3.27. The molecule has 2 aliphatic carbocycles. The smallest absolute Gasteiger partial charge is 0.0716 e. The molecule has 0 saturated heterocycles. The Labute approximate surface area is 377 Å². The minimum Gasteiger partial charge on any atom is -0.310 e. The van der Waals surface area contributed by atoms with Crippen LogP contribution in [0.15, 0.2) is 191 Å². The van der Waals surface area contributed by atoms with Crippen LogP contribution in [0.4, 0.5) is 22.7 Å². The van der Waals surface area contributed by atoms with E-state index in [1.54, 1.807) is 10.8 Å². The fourth-order valence-electron chi connectivity index (χ4n) is 8.25. The molecule has 0 amide bonds. The summed E-state index contributed by atoms with van der Waals surface area (Å²) >= 11 is 9.34. The van der Waals surface area contributed by atoms with Crippen molar-refractivity contribution in [3.63, 3.8) is 0 Å². The molecule has 0 bridgehead atoms. The summed E-state index contributed by atoms with van der Waals surface area (Å²) in [6.45, 7) is 12.6. The minimum atomic E-state index is 0.422. The highest BCUT2D eigenvalue weighted by Crippen LogP contribution is 2.41. The third kappa shape index (κ3) is 8.24. The first-order valence-electron chi connectivity index (χ1n) is 20.8. The van der Waals surface area contributed by atoms with Gasteiger partial charge in [0, 0.05) is 45.0 Å². The van der Waals surface area contributed by atoms with Crippen LogP contribution >= 0.6 is 25.3 Å². The van der Waals surface area contributed by atoms with Gasteiger partial charge in [0.05, 0.1) is 22.8 Å². The van der Waals surface area contributed by atoms with Crippen LogP contribution in [0.2, 0.25) is 0 Å². The lowest BCUT2D eigenvalue weighted by atomic mass is 9.85. The number of hydrogen-bond donors (Lipinski definition) is 4. The van der Waals surface area contributed by atoms with Gasteiger partial charge < -0.3 is 9.80 Å². The largest absolute Gasteiger partial charge is 0.310 e. The van der Waals surface area contributed by atoms with Gasteiger partial charge in [-0.25, -0.2) is 0 Å². The second-order valence-electron chi connectivity index (χ2n) is 16.2. The maximum absolute atomic E-state index is 9.49. The Morgan fingerprint density at radius 3 is 0.935 bits per heavy atom. The molecule has 0 aliphatic heterocycles. The Bertz CT molecular complexity index is 2630. The fraction of sp³-hybridized carbons (Fsp3) is 0.107. The third-order valence-corrected chi connectivity index (χ3v) is 12.2. The van der Waals surface area contributed by atoms with E-state index in [9.17, 15) is 10.8 Å². The van der Waals surface area contributed by atoms with E-state index in [1.807, 2.05) is 0 Å². The van der Waals surface area contributed by atoms with Crippen LogP contribution < -0.4 is 9.80 Å². The van der Waals surface area contributed by atoms with E-state index in [-0.39, 0.29) is 0 Å². The molecular weight excluding hydrogens is 793 g/mol. The van der Waals surface area contributed by atoms with Crippen molar-refractivity contribution in [1.29, 1.82) is 10.8 Å². The van der Waals surface area contributed by atoms with Crippen LogP contribution in [0.25, 0.3) is 22.3 Å². The number of anilines is 4. The van der Waals surface area contributed by atoms with Crippen molar-refractivity contribution in [3.05, 3.63) is 236 Å². The molecule has 6 heteroatoms. The van der Waals surface area contributed by atoms with E-state index in [4.69, 9.17) is 0 Å². The number of aryl methyl sites for hydroxylation is 6. The third-order valence-electron chi connectivity index (χ3n) is 11.7. The molecule has 0 unspecified atom stereocenters. The Kier molecular flexibility index (Phi) is 12.1. The number of thiol groups is 2. The van der Waals surface area contributed by atoms with Gasteiger partial charge in [-0.15, -0.1) is 0 Å². The number of nitrogens with zero attached hydrogens (tertiary/aromatic N) is 2. The summed E-state index contributed by atoms with van der Waals surface area (Å²) < 4.78 is 0. The normalized spacial score (nSPS) is 15.3. The molecule has 62 heavy (non-hydrogen) atoms. The zero-order valence-corrected chi connectivity index (χ0v) is 37.7. The number of benzene rings is 6. The van der Waals surface area contributed by atoms with Crippen molar-refractivity contribution in [2.75, 3.05) is 9.80 Å². The molecule has 0 aromatic heterocycles. The average molecular weight is 843 g/mol. The first-order valence-corrected chi connectivity index (χ1v) is 21.8. The van der Waals surface area contributed by atoms with Gasteiger partial charge in [-0.2, -0.15) is 25.3 Å². The van der Waals surface area contributed by atoms with E-state index in [1.165, 1.54) is 22.3 Å². The Morgan fingerprint density at radius 2 is 0.677 bits per heavy atom. The van der Waals surface area contributed by atoms with Crippen molar-refractivity contribution in [1.82, 2.24) is 0 Å². The first-order chi connectivity index (χ1) is 29.9. The van der Waals surface area contributed by atoms with E-state index >= 15 is 0 Å². The molecule has 4 nitrogen and oxygen atoms in total. The van der Waals surface area contributed by atoms with Crippen LogP contribution in [-0.2, 0) is 0 Å². The van der Waals surface area contributed by atoms with Gasteiger partial charge in [-0.3, -0.25) is 10.8 Å². The number of rotatable bonds is 9. The maximum atomic E-state index is 9.49. The Balaban J connectivity index is 1.11. The fourth-order valence-corrected chi connectivity index (χ4v) is 8.77. The predicted molar refractivity (Wildman–Crippen MR) is 272 cm³/mol. The van der Waals surface area contributed by atoms with Gasteiger partial charge in [0.25, 0.3) is 0 Å². The lowest BCUT2D eigenvalue weighted by Crippen LogP contribution is -2.23. The number of allylic oxidation sites excluding steroid dienone is 8. The van der Waals surface area contributed by atoms with E-state index < -0.39 is 0 Å². The molecule has 6 aromatic carbocycles. The highest BCUT2D eigenvalue weighted by Gasteiger charge is 2.28. The van der Waals surface area contributed by atoms with E-state index in [0.29, 0.717) is 11.4 Å². The van der Waals surface area contributed by atoms with Crippen molar-refractivity contribution < 1.29 is 0 Å². The van der Waals surface area contributed by atoms with E-state index in [2.05, 4.69) is 234 Å². The summed E-state index contributed by atoms with van der Waals surface area (Å²) in [5, 5.41) is 22.5. The molecule has 306 valence electrons. The topological polar surface area (TPSA) is 54.2 Å². The second-order valence-corrected chi connectivity index (χ2v) is 16.7. The van der Waals surface area contributed by atoms with Crippen LogP contribution in [0.3, 0.4) is 0 Å². The summed E-state index contributed by atoms with van der Waals surface area (Å²) in [6, 6.07) is 46.9. The molecule has 0 saturated carbocycles. The first kappa shape index (κ1) is 42.1. The minimum absolute atomic E-state index is 0.422. The zero-order chi connectivity index (χ0) is 43.7. The van der Waals surface area contributed by atoms with Gasteiger partial charge in [-0.1, -0.05) is 119 Å². The van der Waals surface area contributed by atoms with Crippen LogP contribution in [0.5, 0.6) is 0 Å². The predicted octanol–water partition coefficient (Wildman–Crippen LogP) is 15.1. The Morgan fingerprint density at radius 1 is 0.387 bits per heavy atom. The highest BCUT2D eigenvalue weighted by molar-refractivity contribution is 7.83. The van der Waals surface area contributed by atoms with Crippen LogP contribution in [0, 0.1) is 52.4 Å². The summed E-state index contributed by atoms with van der Waals surface area (Å²) in [4.78, 5) is 4.40. The van der Waals surface area contributed by atoms with Gasteiger partial charge >= 0.3 is 0 Å². The zero-order valence-electron chi connectivity index (χ0n) is 36.0. The highest BCUT2D eigenvalue weighted by atomic mass is 32.1. The molecule has 8 rings (SSSR count). The monoisotopic (exact) mass is 842 g/mol. The molecule has 0 fully saturated rings. The molecule has 0 heterocycles. The molecule has 2 N–H and O–H groups in total. The molecule has 0 atom stereocenters. The standard InChI is InChI=1S/C56H50N4S2/c1-35-7-17-43(18-8-35)59(44-19-9-36(2)10-20-44)53-29-27-49(55(57)51(53)33-61)41-15-25-47(39(5)31-41)48-26-16-42(32-40(48)6)50-28-30-54(52(34-62)56(50)58)60(45-21-11-37(3)12-22-45)46-23-13-38(4)14-24-46/h7-34,57-58,61-62H,1-6H3/b51-33-,52-34-,57-55?,58-56?. The van der Waals surface area contributed by atoms with Crippen LogP contribution in [0.1, 0.15) is 44.5 Å². The summed E-state index contributed by atoms with van der Waals surface area (Å²) in [6.07, 6.45) is 8.33. The maximum Gasteiger partial charge on any atom is 0.0716 e. The lowest BCUT2D eigenvalue weighted by molar-refractivity contribution is 1.18. The van der Waals surface area contributed by atoms with Gasteiger partial charge in [-0.05, 0) is 146 Å². The number of nitrogens with one attached hydrogen (secondary N) is 2. The molecule has 0 radical (unpaired) electrons. The van der Waals surface area contributed by atoms with Crippen LogP contribution in [-0.4, -0.2) is 11.4 Å². The SMILES string of the molecule is Cc1ccc(N(C2=CC=C(c3ccc(-c4ccc(C5=CC=C(N(c6ccc(C)cc6)c6ccc(C)cc6)/C(=C/S)C5=N)cc4C)c(C)c3)C(=N)/C2=C\S)c2ccc(C)cc2)cc1. The lowest BCUT2D eigenvalue weighted by Gasteiger charge is -2.32. The van der Waals surface area contributed by atoms with Gasteiger partial charge in [0.2, 0.25) is 0 Å². The molecule has 2 aliphatic rings. The summed E-state index contributed by atoms with van der Waals surface area (Å²) in [5.74, 6) is 0. The molecular formula is C56H50N4S2. The summed E-state index contributed by atoms with van der Waals surface area (Å²) in [5.41, 5.74) is 21.1. The van der Waals surface area contributed by atoms with Crippen molar-refractivity contribution in [2.24, 2.45) is 0 Å². The van der Waals surface area contributed by atoms with Gasteiger partial charge in [0.15, 0.2) is 0 Å². The molecule has 0 spiro atoms. The van der Waals surface area contributed by atoms with Crippen molar-refractivity contribution in [3.8, 4) is 11.1 Å². The van der Waals surface area contributed by atoms with E-state index in [0.717, 1.165) is 89.8 Å². The second kappa shape index (κ2) is 17.8. The number of hydrogen-bond acceptors (Lipinski definition) is 6. The molecule has 6 aromatic rings. The van der Waals surface area contributed by atoms with Gasteiger partial charge in [0.1, 0.15) is 0 Å². The van der Waals surface area contributed by atoms with Crippen molar-refractivity contribution in [2.45, 2.75) is 41.5 Å².